The number of carbonyl (C=O) groups is 1. The van der Waals surface area contributed by atoms with Crippen LogP contribution in [-0.2, 0) is 6.42 Å². The Hall–Kier alpha value is -2.07. The van der Waals surface area contributed by atoms with Crippen LogP contribution < -0.4 is 10.6 Å². The molecule has 0 unspecified atom stereocenters. The second-order valence-corrected chi connectivity index (χ2v) is 5.84. The maximum atomic E-state index is 11.7. The molecule has 0 fully saturated rings. The van der Waals surface area contributed by atoms with Crippen molar-refractivity contribution in [3.63, 3.8) is 0 Å². The molecule has 0 saturated heterocycles. The number of hydrogen-bond donors (Lipinski definition) is 2. The average Bonchev–Trinajstić information content (AvgIpc) is 2.49. The third-order valence-electron chi connectivity index (χ3n) is 3.17. The summed E-state index contributed by atoms with van der Waals surface area (Å²) in [5.41, 5.74) is 3.44. The van der Waals surface area contributed by atoms with Gasteiger partial charge in [-0.3, -0.25) is 0 Å². The van der Waals surface area contributed by atoms with E-state index in [9.17, 15) is 4.79 Å². The summed E-state index contributed by atoms with van der Waals surface area (Å²) in [6.45, 7) is 2.63. The van der Waals surface area contributed by atoms with Gasteiger partial charge in [0.05, 0.1) is 0 Å². The van der Waals surface area contributed by atoms with Crippen molar-refractivity contribution < 1.29 is 4.79 Å². The molecule has 0 bridgehead atoms. The largest absolute Gasteiger partial charge is 0.338 e. The number of carbonyl (C=O) groups excluding carboxylic acids is 1. The van der Waals surface area contributed by atoms with Gasteiger partial charge in [0.1, 0.15) is 0 Å². The first-order valence-corrected chi connectivity index (χ1v) is 7.95. The zero-order valence-corrected chi connectivity index (χ0v) is 14.1. The lowest BCUT2D eigenvalue weighted by Crippen LogP contribution is -2.33. The standard InChI is InChI=1S/C18H19BrN2O/c1-14-5-4-6-15(13-14)9-11-20-18(22)21-12-10-16-7-2-3-8-17(16)19/h2-9,11,13H,10,12H2,1H3,(H2,20,21,22)/b11-9+. The molecule has 0 aliphatic rings. The molecule has 2 aromatic rings. The van der Waals surface area contributed by atoms with Crippen LogP contribution in [-0.4, -0.2) is 12.6 Å². The minimum absolute atomic E-state index is 0.198. The predicted octanol–water partition coefficient (Wildman–Crippen LogP) is 4.27. The number of hydrogen-bond acceptors (Lipinski definition) is 1. The highest BCUT2D eigenvalue weighted by Gasteiger charge is 2.00. The smallest absolute Gasteiger partial charge is 0.318 e. The summed E-state index contributed by atoms with van der Waals surface area (Å²) in [7, 11) is 0. The zero-order chi connectivity index (χ0) is 15.8. The molecule has 2 aromatic carbocycles. The molecule has 0 atom stereocenters. The van der Waals surface area contributed by atoms with Crippen molar-refractivity contribution in [2.45, 2.75) is 13.3 Å². The molecule has 0 aromatic heterocycles. The van der Waals surface area contributed by atoms with E-state index in [1.54, 1.807) is 6.20 Å². The molecule has 114 valence electrons. The van der Waals surface area contributed by atoms with Crippen molar-refractivity contribution in [3.05, 3.63) is 75.9 Å². The summed E-state index contributed by atoms with van der Waals surface area (Å²) < 4.78 is 1.07. The molecule has 0 saturated carbocycles. The predicted molar refractivity (Wildman–Crippen MR) is 94.6 cm³/mol. The van der Waals surface area contributed by atoms with Crippen molar-refractivity contribution >= 4 is 28.0 Å². The summed E-state index contributed by atoms with van der Waals surface area (Å²) in [4.78, 5) is 11.7. The van der Waals surface area contributed by atoms with Gasteiger partial charge in [-0.05, 0) is 36.6 Å². The molecule has 0 radical (unpaired) electrons. The number of halogens is 1. The summed E-state index contributed by atoms with van der Waals surface area (Å²) in [5, 5.41) is 5.54. The minimum Gasteiger partial charge on any atom is -0.338 e. The second-order valence-electron chi connectivity index (χ2n) is 4.99. The number of rotatable bonds is 5. The lowest BCUT2D eigenvalue weighted by Gasteiger charge is -2.06. The molecule has 22 heavy (non-hydrogen) atoms. The number of nitrogens with one attached hydrogen (secondary N) is 2. The molecule has 0 aliphatic heterocycles. The van der Waals surface area contributed by atoms with E-state index in [1.165, 1.54) is 11.1 Å². The Morgan fingerprint density at radius 3 is 2.77 bits per heavy atom. The van der Waals surface area contributed by atoms with Crippen LogP contribution in [0.2, 0.25) is 0 Å². The number of benzene rings is 2. The third kappa shape index (κ3) is 5.37. The monoisotopic (exact) mass is 358 g/mol. The second kappa shape index (κ2) is 8.39. The summed E-state index contributed by atoms with van der Waals surface area (Å²) in [5.74, 6) is 0. The minimum atomic E-state index is -0.198. The summed E-state index contributed by atoms with van der Waals surface area (Å²) in [6, 6.07) is 15.9. The molecule has 2 amide bonds. The lowest BCUT2D eigenvalue weighted by atomic mass is 10.1. The maximum absolute atomic E-state index is 11.7. The van der Waals surface area contributed by atoms with Crippen molar-refractivity contribution in [2.24, 2.45) is 0 Å². The molecular weight excluding hydrogens is 340 g/mol. The molecule has 0 spiro atoms. The van der Waals surface area contributed by atoms with Gasteiger partial charge in [0.2, 0.25) is 0 Å². The van der Waals surface area contributed by atoms with Gasteiger partial charge >= 0.3 is 6.03 Å². The van der Waals surface area contributed by atoms with Crippen LogP contribution in [0.4, 0.5) is 4.79 Å². The van der Waals surface area contributed by atoms with E-state index in [-0.39, 0.29) is 6.03 Å². The van der Waals surface area contributed by atoms with Crippen molar-refractivity contribution in [1.82, 2.24) is 10.6 Å². The first-order valence-electron chi connectivity index (χ1n) is 7.16. The summed E-state index contributed by atoms with van der Waals surface area (Å²) >= 11 is 3.50. The van der Waals surface area contributed by atoms with Crippen LogP contribution >= 0.6 is 15.9 Å². The van der Waals surface area contributed by atoms with Gasteiger partial charge in [0, 0.05) is 17.2 Å². The highest BCUT2D eigenvalue weighted by Crippen LogP contribution is 2.15. The van der Waals surface area contributed by atoms with Gasteiger partial charge in [-0.15, -0.1) is 0 Å². The molecule has 0 heterocycles. The Kier molecular flexibility index (Phi) is 6.22. The first-order chi connectivity index (χ1) is 10.6. The fourth-order valence-corrected chi connectivity index (χ4v) is 2.53. The van der Waals surface area contributed by atoms with E-state index < -0.39 is 0 Å². The topological polar surface area (TPSA) is 41.1 Å². The SMILES string of the molecule is Cc1cccc(/C=C/NC(=O)NCCc2ccccc2Br)c1. The van der Waals surface area contributed by atoms with Crippen LogP contribution in [0, 0.1) is 6.92 Å². The fraction of sp³-hybridized carbons (Fsp3) is 0.167. The van der Waals surface area contributed by atoms with Crippen molar-refractivity contribution in [3.8, 4) is 0 Å². The van der Waals surface area contributed by atoms with E-state index in [1.807, 2.05) is 55.5 Å². The molecular formula is C18H19BrN2O. The van der Waals surface area contributed by atoms with E-state index in [4.69, 9.17) is 0 Å². The van der Waals surface area contributed by atoms with Crippen LogP contribution in [0.1, 0.15) is 16.7 Å². The summed E-state index contributed by atoms with van der Waals surface area (Å²) in [6.07, 6.45) is 4.32. The molecule has 0 aliphatic carbocycles. The third-order valence-corrected chi connectivity index (χ3v) is 3.94. The van der Waals surface area contributed by atoms with Gasteiger partial charge < -0.3 is 10.6 Å². The van der Waals surface area contributed by atoms with Crippen LogP contribution in [0.15, 0.2) is 59.2 Å². The molecule has 3 nitrogen and oxygen atoms in total. The molecule has 4 heteroatoms. The first kappa shape index (κ1) is 16.3. The van der Waals surface area contributed by atoms with Crippen LogP contribution in [0.25, 0.3) is 6.08 Å². The van der Waals surface area contributed by atoms with E-state index in [0.717, 1.165) is 16.5 Å². The van der Waals surface area contributed by atoms with Gasteiger partial charge in [-0.2, -0.15) is 0 Å². The van der Waals surface area contributed by atoms with Crippen molar-refractivity contribution in [1.29, 1.82) is 0 Å². The lowest BCUT2D eigenvalue weighted by molar-refractivity contribution is 0.244. The number of amides is 2. The Balaban J connectivity index is 1.73. The average molecular weight is 359 g/mol. The van der Waals surface area contributed by atoms with E-state index >= 15 is 0 Å². The Labute approximate surface area is 139 Å². The van der Waals surface area contributed by atoms with Gasteiger partial charge in [-0.1, -0.05) is 64.0 Å². The maximum Gasteiger partial charge on any atom is 0.318 e. The number of aryl methyl sites for hydroxylation is 1. The van der Waals surface area contributed by atoms with Crippen LogP contribution in [0.5, 0.6) is 0 Å². The Morgan fingerprint density at radius 2 is 2.00 bits per heavy atom. The normalized spacial score (nSPS) is 10.6. The van der Waals surface area contributed by atoms with Gasteiger partial charge in [0.15, 0.2) is 0 Å². The van der Waals surface area contributed by atoms with Gasteiger partial charge in [0.25, 0.3) is 0 Å². The van der Waals surface area contributed by atoms with E-state index in [2.05, 4.69) is 32.6 Å². The quantitative estimate of drug-likeness (QED) is 0.823. The Morgan fingerprint density at radius 1 is 1.18 bits per heavy atom. The van der Waals surface area contributed by atoms with Gasteiger partial charge in [-0.25, -0.2) is 4.79 Å². The number of urea groups is 1. The highest BCUT2D eigenvalue weighted by molar-refractivity contribution is 9.10. The van der Waals surface area contributed by atoms with Crippen LogP contribution in [0.3, 0.4) is 0 Å². The molecule has 2 N–H and O–H groups in total. The van der Waals surface area contributed by atoms with Crippen molar-refractivity contribution in [2.75, 3.05) is 6.54 Å². The highest BCUT2D eigenvalue weighted by atomic mass is 79.9. The molecule has 2 rings (SSSR count). The Bertz CT molecular complexity index is 668. The zero-order valence-electron chi connectivity index (χ0n) is 12.5. The van der Waals surface area contributed by atoms with E-state index in [0.29, 0.717) is 6.54 Å². The fourth-order valence-electron chi connectivity index (χ4n) is 2.05.